The number of benzene rings is 1. The number of methoxy groups -OCH3 is 1. The predicted molar refractivity (Wildman–Crippen MR) is 66.2 cm³/mol. The molecule has 0 saturated heterocycles. The highest BCUT2D eigenvalue weighted by Gasteiger charge is 2.12. The summed E-state index contributed by atoms with van der Waals surface area (Å²) < 4.78 is 5.24. The van der Waals surface area contributed by atoms with E-state index in [2.05, 4.69) is 32.9 Å². The number of rotatable bonds is 4. The van der Waals surface area contributed by atoms with E-state index in [1.807, 2.05) is 0 Å². The molecule has 1 atom stereocenters. The molecule has 0 N–H and O–H groups in total. The molecule has 0 bridgehead atoms. The van der Waals surface area contributed by atoms with Gasteiger partial charge in [-0.1, -0.05) is 6.92 Å². The van der Waals surface area contributed by atoms with Crippen molar-refractivity contribution in [3.05, 3.63) is 28.8 Å². The van der Waals surface area contributed by atoms with Crippen LogP contribution < -0.4 is 4.74 Å². The van der Waals surface area contributed by atoms with Gasteiger partial charge in [0.2, 0.25) is 0 Å². The third-order valence-electron chi connectivity index (χ3n) is 2.84. The van der Waals surface area contributed by atoms with Crippen LogP contribution in [0.3, 0.4) is 0 Å². The van der Waals surface area contributed by atoms with Gasteiger partial charge in [0.1, 0.15) is 5.75 Å². The fourth-order valence-electron chi connectivity index (χ4n) is 2.14. The van der Waals surface area contributed by atoms with Gasteiger partial charge in [-0.25, -0.2) is 0 Å². The van der Waals surface area contributed by atoms with Gasteiger partial charge in [-0.3, -0.25) is 0 Å². The van der Waals surface area contributed by atoms with Crippen LogP contribution in [0.4, 0.5) is 0 Å². The van der Waals surface area contributed by atoms with Gasteiger partial charge in [-0.15, -0.1) is 11.6 Å². The van der Waals surface area contributed by atoms with E-state index in [1.165, 1.54) is 16.7 Å². The van der Waals surface area contributed by atoms with Crippen molar-refractivity contribution in [2.75, 3.05) is 13.0 Å². The van der Waals surface area contributed by atoms with Crippen LogP contribution in [0.25, 0.3) is 0 Å². The summed E-state index contributed by atoms with van der Waals surface area (Å²) >= 11 is 5.78. The summed E-state index contributed by atoms with van der Waals surface area (Å²) in [7, 11) is 1.70. The number of halogens is 1. The van der Waals surface area contributed by atoms with Gasteiger partial charge < -0.3 is 4.74 Å². The molecule has 2 heteroatoms. The Balaban J connectivity index is 3.07. The van der Waals surface area contributed by atoms with Crippen molar-refractivity contribution < 1.29 is 4.74 Å². The molecular formula is C13H19ClO. The molecule has 0 fully saturated rings. The number of hydrogen-bond donors (Lipinski definition) is 0. The van der Waals surface area contributed by atoms with Gasteiger partial charge in [-0.2, -0.15) is 0 Å². The maximum absolute atomic E-state index is 5.78. The Morgan fingerprint density at radius 2 is 1.80 bits per heavy atom. The van der Waals surface area contributed by atoms with Crippen LogP contribution in [-0.2, 0) is 0 Å². The van der Waals surface area contributed by atoms with Crippen LogP contribution in [0.5, 0.6) is 5.75 Å². The molecular weight excluding hydrogens is 208 g/mol. The van der Waals surface area contributed by atoms with E-state index < -0.39 is 0 Å². The molecule has 0 heterocycles. The highest BCUT2D eigenvalue weighted by atomic mass is 35.5. The second-order valence-corrected chi connectivity index (χ2v) is 4.43. The Labute approximate surface area is 97.4 Å². The molecule has 1 unspecified atom stereocenters. The van der Waals surface area contributed by atoms with Crippen molar-refractivity contribution in [2.45, 2.75) is 33.1 Å². The Hall–Kier alpha value is -0.690. The van der Waals surface area contributed by atoms with E-state index in [9.17, 15) is 0 Å². The molecule has 1 aromatic carbocycles. The minimum absolute atomic E-state index is 0.522. The van der Waals surface area contributed by atoms with Crippen molar-refractivity contribution in [1.82, 2.24) is 0 Å². The zero-order chi connectivity index (χ0) is 11.4. The molecule has 1 aromatic rings. The third kappa shape index (κ3) is 2.88. The largest absolute Gasteiger partial charge is 0.497 e. The van der Waals surface area contributed by atoms with E-state index in [0.717, 1.165) is 12.2 Å². The fourth-order valence-corrected chi connectivity index (χ4v) is 2.47. The second kappa shape index (κ2) is 5.41. The second-order valence-electron chi connectivity index (χ2n) is 4.05. The minimum atomic E-state index is 0.522. The van der Waals surface area contributed by atoms with Gasteiger partial charge in [-0.05, 0) is 55.0 Å². The molecule has 0 spiro atoms. The van der Waals surface area contributed by atoms with Crippen LogP contribution >= 0.6 is 11.6 Å². The van der Waals surface area contributed by atoms with E-state index in [-0.39, 0.29) is 0 Å². The summed E-state index contributed by atoms with van der Waals surface area (Å²) in [5, 5.41) is 0. The SMILES string of the molecule is COc1cc(C)c(C(C)CCCl)c(C)c1. The van der Waals surface area contributed by atoms with Gasteiger partial charge in [0.25, 0.3) is 0 Å². The molecule has 0 aliphatic rings. The summed E-state index contributed by atoms with van der Waals surface area (Å²) in [5.74, 6) is 2.17. The average Bonchev–Trinajstić information content (AvgIpc) is 2.16. The quantitative estimate of drug-likeness (QED) is 0.704. The number of alkyl halides is 1. The van der Waals surface area contributed by atoms with Crippen LogP contribution in [-0.4, -0.2) is 13.0 Å². The zero-order valence-electron chi connectivity index (χ0n) is 9.93. The highest BCUT2D eigenvalue weighted by molar-refractivity contribution is 6.17. The monoisotopic (exact) mass is 226 g/mol. The Morgan fingerprint density at radius 3 is 2.20 bits per heavy atom. The predicted octanol–water partition coefficient (Wildman–Crippen LogP) is 4.04. The first-order valence-electron chi connectivity index (χ1n) is 5.31. The fraction of sp³-hybridized carbons (Fsp3) is 0.538. The van der Waals surface area contributed by atoms with Gasteiger partial charge >= 0.3 is 0 Å². The topological polar surface area (TPSA) is 9.23 Å². The smallest absolute Gasteiger partial charge is 0.119 e. The number of hydrogen-bond acceptors (Lipinski definition) is 1. The van der Waals surface area contributed by atoms with E-state index in [0.29, 0.717) is 11.8 Å². The van der Waals surface area contributed by atoms with Crippen molar-refractivity contribution in [1.29, 1.82) is 0 Å². The molecule has 0 aliphatic carbocycles. The lowest BCUT2D eigenvalue weighted by Crippen LogP contribution is -2.01. The van der Waals surface area contributed by atoms with E-state index >= 15 is 0 Å². The zero-order valence-corrected chi connectivity index (χ0v) is 10.7. The first kappa shape index (κ1) is 12.4. The Morgan fingerprint density at radius 1 is 1.27 bits per heavy atom. The lowest BCUT2D eigenvalue weighted by Gasteiger charge is -2.17. The van der Waals surface area contributed by atoms with Crippen LogP contribution in [0.1, 0.15) is 36.0 Å². The summed E-state index contributed by atoms with van der Waals surface area (Å²) in [6.45, 7) is 6.50. The summed E-state index contributed by atoms with van der Waals surface area (Å²) in [6.07, 6.45) is 1.02. The minimum Gasteiger partial charge on any atom is -0.497 e. The number of ether oxygens (including phenoxy) is 1. The van der Waals surface area contributed by atoms with Crippen molar-refractivity contribution >= 4 is 11.6 Å². The molecule has 1 rings (SSSR count). The molecule has 0 amide bonds. The Bertz CT molecular complexity index is 310. The molecule has 15 heavy (non-hydrogen) atoms. The molecule has 0 aromatic heterocycles. The first-order chi connectivity index (χ1) is 7.10. The van der Waals surface area contributed by atoms with Crippen LogP contribution in [0.2, 0.25) is 0 Å². The van der Waals surface area contributed by atoms with E-state index in [1.54, 1.807) is 7.11 Å². The van der Waals surface area contributed by atoms with Gasteiger partial charge in [0, 0.05) is 5.88 Å². The normalized spacial score (nSPS) is 12.6. The van der Waals surface area contributed by atoms with Crippen molar-refractivity contribution in [2.24, 2.45) is 0 Å². The molecule has 0 saturated carbocycles. The molecule has 0 radical (unpaired) electrons. The summed E-state index contributed by atoms with van der Waals surface area (Å²) in [4.78, 5) is 0. The Kier molecular flexibility index (Phi) is 4.46. The first-order valence-corrected chi connectivity index (χ1v) is 5.84. The van der Waals surface area contributed by atoms with Crippen LogP contribution in [0.15, 0.2) is 12.1 Å². The molecule has 84 valence electrons. The van der Waals surface area contributed by atoms with Crippen LogP contribution in [0, 0.1) is 13.8 Å². The van der Waals surface area contributed by atoms with Crippen molar-refractivity contribution in [3.63, 3.8) is 0 Å². The third-order valence-corrected chi connectivity index (χ3v) is 3.06. The standard InChI is InChI=1S/C13H19ClO/c1-9(5-6-14)13-10(2)7-12(15-4)8-11(13)3/h7-9H,5-6H2,1-4H3. The summed E-state index contributed by atoms with van der Waals surface area (Å²) in [6, 6.07) is 4.18. The lowest BCUT2D eigenvalue weighted by molar-refractivity contribution is 0.413. The highest BCUT2D eigenvalue weighted by Crippen LogP contribution is 2.29. The van der Waals surface area contributed by atoms with Crippen molar-refractivity contribution in [3.8, 4) is 5.75 Å². The summed E-state index contributed by atoms with van der Waals surface area (Å²) in [5.41, 5.74) is 4.00. The molecule has 1 nitrogen and oxygen atoms in total. The van der Waals surface area contributed by atoms with Gasteiger partial charge in [0.05, 0.1) is 7.11 Å². The van der Waals surface area contributed by atoms with E-state index in [4.69, 9.17) is 16.3 Å². The maximum Gasteiger partial charge on any atom is 0.119 e. The maximum atomic E-state index is 5.78. The van der Waals surface area contributed by atoms with Gasteiger partial charge in [0.15, 0.2) is 0 Å². The molecule has 0 aliphatic heterocycles. The number of aryl methyl sites for hydroxylation is 2. The average molecular weight is 227 g/mol. The lowest BCUT2D eigenvalue weighted by atomic mass is 9.90.